The molecule has 1 aromatic rings. The van der Waals surface area contributed by atoms with Crippen molar-refractivity contribution in [1.29, 1.82) is 0 Å². The molecule has 0 bridgehead atoms. The summed E-state index contributed by atoms with van der Waals surface area (Å²) >= 11 is 0. The van der Waals surface area contributed by atoms with Crippen LogP contribution in [0.5, 0.6) is 0 Å². The fourth-order valence-corrected chi connectivity index (χ4v) is 2.91. The number of nitrogens with zero attached hydrogens (tertiary/aromatic N) is 1. The average Bonchev–Trinajstić information content (AvgIpc) is 2.58. The van der Waals surface area contributed by atoms with Crippen molar-refractivity contribution in [2.75, 3.05) is 26.7 Å². The van der Waals surface area contributed by atoms with Crippen LogP contribution in [0.2, 0.25) is 0 Å². The van der Waals surface area contributed by atoms with Gasteiger partial charge in [-0.15, -0.1) is 0 Å². The number of nitrogens with two attached hydrogens (primary N) is 1. The third-order valence-electron chi connectivity index (χ3n) is 4.37. The lowest BCUT2D eigenvalue weighted by atomic mass is 9.93. The summed E-state index contributed by atoms with van der Waals surface area (Å²) in [4.78, 5) is 25.2. The van der Waals surface area contributed by atoms with Crippen LogP contribution in [0.15, 0.2) is 24.3 Å². The third kappa shape index (κ3) is 5.25. The summed E-state index contributed by atoms with van der Waals surface area (Å²) in [6.45, 7) is 3.08. The molecule has 23 heavy (non-hydrogen) atoms. The van der Waals surface area contributed by atoms with E-state index in [1.807, 2.05) is 36.2 Å². The van der Waals surface area contributed by atoms with E-state index in [1.165, 1.54) is 6.42 Å². The van der Waals surface area contributed by atoms with Gasteiger partial charge in [0, 0.05) is 25.2 Å². The number of amides is 3. The van der Waals surface area contributed by atoms with E-state index in [1.54, 1.807) is 0 Å². The quantitative estimate of drug-likeness (QED) is 0.739. The van der Waals surface area contributed by atoms with Crippen molar-refractivity contribution < 1.29 is 9.59 Å². The number of carbonyl (C=O) groups excluding carboxylic acids is 2. The Morgan fingerprint density at radius 3 is 2.43 bits per heavy atom. The highest BCUT2D eigenvalue weighted by molar-refractivity contribution is 5.94. The van der Waals surface area contributed by atoms with Crippen molar-refractivity contribution in [1.82, 2.24) is 15.5 Å². The van der Waals surface area contributed by atoms with Crippen LogP contribution in [-0.2, 0) is 6.54 Å². The molecule has 2 rings (SSSR count). The maximum atomic E-state index is 12.5. The number of hydrogen-bond donors (Lipinski definition) is 3. The van der Waals surface area contributed by atoms with Crippen LogP contribution in [0.25, 0.3) is 0 Å². The molecule has 1 aliphatic rings. The van der Waals surface area contributed by atoms with Crippen molar-refractivity contribution in [2.45, 2.75) is 25.8 Å². The smallest absolute Gasteiger partial charge is 0.312 e. The van der Waals surface area contributed by atoms with E-state index < -0.39 is 6.03 Å². The highest BCUT2D eigenvalue weighted by Crippen LogP contribution is 2.21. The fraction of sp³-hybridized carbons (Fsp3) is 0.529. The molecular weight excluding hydrogens is 292 g/mol. The number of rotatable bonds is 6. The second kappa shape index (κ2) is 8.53. The normalized spacial score (nSPS) is 15.4. The number of urea groups is 1. The molecule has 0 spiro atoms. The minimum atomic E-state index is -0.550. The van der Waals surface area contributed by atoms with E-state index in [9.17, 15) is 9.59 Å². The highest BCUT2D eigenvalue weighted by atomic mass is 16.2. The van der Waals surface area contributed by atoms with Gasteiger partial charge in [-0.25, -0.2) is 4.79 Å². The van der Waals surface area contributed by atoms with Crippen LogP contribution in [-0.4, -0.2) is 43.5 Å². The van der Waals surface area contributed by atoms with Crippen LogP contribution in [0.3, 0.4) is 0 Å². The number of hydrogen-bond acceptors (Lipinski definition) is 3. The number of primary amides is 1. The fourth-order valence-electron chi connectivity index (χ4n) is 2.91. The van der Waals surface area contributed by atoms with Crippen LogP contribution in [0.4, 0.5) is 4.79 Å². The molecule has 0 aliphatic carbocycles. The first kappa shape index (κ1) is 17.3. The molecule has 1 fully saturated rings. The van der Waals surface area contributed by atoms with Gasteiger partial charge in [-0.2, -0.15) is 0 Å². The Labute approximate surface area is 137 Å². The molecule has 1 saturated heterocycles. The summed E-state index contributed by atoms with van der Waals surface area (Å²) in [7, 11) is 1.97. The monoisotopic (exact) mass is 318 g/mol. The van der Waals surface area contributed by atoms with E-state index in [0.29, 0.717) is 18.0 Å². The van der Waals surface area contributed by atoms with Gasteiger partial charge in [0.2, 0.25) is 0 Å². The minimum Gasteiger partial charge on any atom is -0.352 e. The third-order valence-corrected chi connectivity index (χ3v) is 4.37. The number of piperidine rings is 1. The summed E-state index contributed by atoms with van der Waals surface area (Å²) in [6, 6.07) is 6.78. The predicted octanol–water partition coefficient (Wildman–Crippen LogP) is 1.32. The maximum absolute atomic E-state index is 12.5. The first-order valence-electron chi connectivity index (χ1n) is 8.16. The van der Waals surface area contributed by atoms with Gasteiger partial charge in [0.15, 0.2) is 0 Å². The van der Waals surface area contributed by atoms with Crippen molar-refractivity contribution >= 4 is 11.9 Å². The van der Waals surface area contributed by atoms with Gasteiger partial charge in [-0.1, -0.05) is 12.1 Å². The van der Waals surface area contributed by atoms with Gasteiger partial charge >= 0.3 is 6.03 Å². The van der Waals surface area contributed by atoms with Crippen LogP contribution >= 0.6 is 0 Å². The zero-order valence-corrected chi connectivity index (χ0v) is 13.7. The Kier molecular flexibility index (Phi) is 6.40. The van der Waals surface area contributed by atoms with Gasteiger partial charge in [-0.3, -0.25) is 4.79 Å². The average molecular weight is 318 g/mol. The van der Waals surface area contributed by atoms with Crippen molar-refractivity contribution in [3.8, 4) is 0 Å². The summed E-state index contributed by atoms with van der Waals surface area (Å²) in [5, 5.41) is 5.72. The Morgan fingerprint density at radius 2 is 1.87 bits per heavy atom. The largest absolute Gasteiger partial charge is 0.352 e. The molecule has 0 saturated carbocycles. The molecule has 0 aromatic heterocycles. The SMILES string of the molecule is CNCCC1CCN(C(=O)c2ccc(CNC(N)=O)cc2)CC1. The van der Waals surface area contributed by atoms with Crippen LogP contribution in [0.1, 0.15) is 35.2 Å². The topological polar surface area (TPSA) is 87.5 Å². The molecule has 0 atom stereocenters. The molecule has 6 nitrogen and oxygen atoms in total. The van der Waals surface area contributed by atoms with Crippen LogP contribution < -0.4 is 16.4 Å². The second-order valence-corrected chi connectivity index (χ2v) is 6.04. The van der Waals surface area contributed by atoms with Gasteiger partial charge < -0.3 is 21.3 Å². The molecule has 0 unspecified atom stereocenters. The van der Waals surface area contributed by atoms with Crippen molar-refractivity contribution in [3.05, 3.63) is 35.4 Å². The van der Waals surface area contributed by atoms with E-state index in [2.05, 4.69) is 10.6 Å². The molecule has 1 aliphatic heterocycles. The lowest BCUT2D eigenvalue weighted by molar-refractivity contribution is 0.0687. The number of benzene rings is 1. The predicted molar refractivity (Wildman–Crippen MR) is 90.0 cm³/mol. The van der Waals surface area contributed by atoms with E-state index in [0.717, 1.165) is 38.0 Å². The number of likely N-dealkylation sites (tertiary alicyclic amines) is 1. The molecule has 6 heteroatoms. The van der Waals surface area contributed by atoms with Crippen molar-refractivity contribution in [2.24, 2.45) is 11.7 Å². The van der Waals surface area contributed by atoms with E-state index in [-0.39, 0.29) is 5.91 Å². The Balaban J connectivity index is 1.85. The highest BCUT2D eigenvalue weighted by Gasteiger charge is 2.23. The first-order valence-corrected chi connectivity index (χ1v) is 8.16. The minimum absolute atomic E-state index is 0.0893. The lowest BCUT2D eigenvalue weighted by Gasteiger charge is -2.32. The summed E-state index contributed by atoms with van der Waals surface area (Å²) in [6.07, 6.45) is 3.34. The van der Waals surface area contributed by atoms with Gasteiger partial charge in [0.05, 0.1) is 0 Å². The zero-order valence-electron chi connectivity index (χ0n) is 13.7. The molecule has 126 valence electrons. The first-order chi connectivity index (χ1) is 11.1. The van der Waals surface area contributed by atoms with E-state index in [4.69, 9.17) is 5.73 Å². The maximum Gasteiger partial charge on any atom is 0.312 e. The van der Waals surface area contributed by atoms with Gasteiger partial charge in [0.25, 0.3) is 5.91 Å². The number of carbonyl (C=O) groups is 2. The molecule has 0 radical (unpaired) electrons. The Morgan fingerprint density at radius 1 is 1.22 bits per heavy atom. The van der Waals surface area contributed by atoms with Crippen molar-refractivity contribution in [3.63, 3.8) is 0 Å². The molecule has 1 heterocycles. The van der Waals surface area contributed by atoms with Gasteiger partial charge in [-0.05, 0) is 56.5 Å². The summed E-state index contributed by atoms with van der Waals surface area (Å²) < 4.78 is 0. The Bertz CT molecular complexity index is 522. The lowest BCUT2D eigenvalue weighted by Crippen LogP contribution is -2.39. The molecular formula is C17H26N4O2. The standard InChI is InChI=1S/C17H26N4O2/c1-19-9-6-13-7-10-21(11-8-13)16(22)15-4-2-14(3-5-15)12-20-17(18)23/h2-5,13,19H,6-12H2,1H3,(H3,18,20,23). The van der Waals surface area contributed by atoms with Gasteiger partial charge in [0.1, 0.15) is 0 Å². The molecule has 3 amide bonds. The summed E-state index contributed by atoms with van der Waals surface area (Å²) in [5.74, 6) is 0.806. The zero-order chi connectivity index (χ0) is 16.7. The molecule has 4 N–H and O–H groups in total. The summed E-state index contributed by atoms with van der Waals surface area (Å²) in [5.41, 5.74) is 6.66. The second-order valence-electron chi connectivity index (χ2n) is 6.04. The van der Waals surface area contributed by atoms with Crippen LogP contribution in [0, 0.1) is 5.92 Å². The Hall–Kier alpha value is -2.08. The molecule has 1 aromatic carbocycles. The van der Waals surface area contributed by atoms with E-state index >= 15 is 0 Å². The number of nitrogens with one attached hydrogen (secondary N) is 2.